The Labute approximate surface area is 154 Å². The maximum atomic E-state index is 13.2. The Morgan fingerprint density at radius 1 is 1.15 bits per heavy atom. The minimum absolute atomic E-state index is 0.186. The Balaban J connectivity index is 1.62. The molecule has 138 valence electrons. The molecule has 0 amide bonds. The number of H-pyrrole nitrogens is 1. The van der Waals surface area contributed by atoms with Crippen molar-refractivity contribution in [3.8, 4) is 5.69 Å². The molecule has 27 heavy (non-hydrogen) atoms. The van der Waals surface area contributed by atoms with E-state index in [1.807, 2.05) is 32.0 Å². The zero-order valence-electron chi connectivity index (χ0n) is 15.0. The maximum absolute atomic E-state index is 13.2. The second-order valence-electron chi connectivity index (χ2n) is 6.48. The van der Waals surface area contributed by atoms with Gasteiger partial charge in [0, 0.05) is 17.5 Å². The van der Waals surface area contributed by atoms with Crippen molar-refractivity contribution in [3.63, 3.8) is 0 Å². The lowest BCUT2D eigenvalue weighted by molar-refractivity contribution is 0.461. The summed E-state index contributed by atoms with van der Waals surface area (Å²) in [7, 11) is 0. The van der Waals surface area contributed by atoms with Gasteiger partial charge in [-0.25, -0.2) is 9.07 Å². The van der Waals surface area contributed by atoms with Crippen LogP contribution < -0.4 is 10.9 Å². The molecule has 6 nitrogen and oxygen atoms in total. The Kier molecular flexibility index (Phi) is 4.37. The molecule has 0 atom stereocenters. The van der Waals surface area contributed by atoms with E-state index >= 15 is 0 Å². The molecule has 0 spiro atoms. The fraction of sp³-hybridized carbons (Fsp3) is 0.200. The number of aryl methyl sites for hydroxylation is 2. The number of rotatable bonds is 5. The fourth-order valence-corrected chi connectivity index (χ4v) is 3.06. The second kappa shape index (κ2) is 6.85. The van der Waals surface area contributed by atoms with Gasteiger partial charge in [0.25, 0.3) is 5.56 Å². The number of pyridine rings is 1. The van der Waals surface area contributed by atoms with Gasteiger partial charge in [0.05, 0.1) is 17.9 Å². The molecule has 0 bridgehead atoms. The van der Waals surface area contributed by atoms with Crippen LogP contribution in [0.5, 0.6) is 0 Å². The molecule has 4 aromatic rings. The summed E-state index contributed by atoms with van der Waals surface area (Å²) in [5.41, 5.74) is 2.49. The number of nitrogens with zero attached hydrogens (tertiary/aromatic N) is 2. The van der Waals surface area contributed by atoms with Crippen molar-refractivity contribution in [2.24, 2.45) is 0 Å². The third-order valence-corrected chi connectivity index (χ3v) is 4.43. The van der Waals surface area contributed by atoms with E-state index in [-0.39, 0.29) is 11.4 Å². The molecular formula is C20H19FN4O2. The van der Waals surface area contributed by atoms with Crippen LogP contribution in [0.1, 0.15) is 22.8 Å². The van der Waals surface area contributed by atoms with Gasteiger partial charge in [-0.15, -0.1) is 0 Å². The van der Waals surface area contributed by atoms with E-state index in [0.29, 0.717) is 30.0 Å². The molecule has 0 aliphatic rings. The van der Waals surface area contributed by atoms with Crippen LogP contribution in [0.15, 0.2) is 51.7 Å². The van der Waals surface area contributed by atoms with Crippen molar-refractivity contribution in [1.82, 2.24) is 20.1 Å². The average molecular weight is 366 g/mol. The van der Waals surface area contributed by atoms with Crippen molar-refractivity contribution in [3.05, 3.63) is 81.4 Å². The zero-order valence-corrected chi connectivity index (χ0v) is 15.0. The highest BCUT2D eigenvalue weighted by Gasteiger charge is 2.13. The molecule has 0 aliphatic carbocycles. The first-order valence-electron chi connectivity index (χ1n) is 8.65. The SMILES string of the molecule is Cc1ccc(CNCc2cc3c(C)nn(-c4ccc(F)cc4)c3[nH]c2=O)o1. The molecule has 3 aromatic heterocycles. The van der Waals surface area contributed by atoms with Gasteiger partial charge in [-0.05, 0) is 56.3 Å². The predicted octanol–water partition coefficient (Wildman–Crippen LogP) is 3.35. The van der Waals surface area contributed by atoms with Crippen LogP contribution in [0.4, 0.5) is 4.39 Å². The van der Waals surface area contributed by atoms with E-state index < -0.39 is 0 Å². The third-order valence-electron chi connectivity index (χ3n) is 4.43. The van der Waals surface area contributed by atoms with Crippen molar-refractivity contribution < 1.29 is 8.81 Å². The smallest absolute Gasteiger partial charge is 0.254 e. The topological polar surface area (TPSA) is 75.8 Å². The predicted molar refractivity (Wildman–Crippen MR) is 100 cm³/mol. The molecule has 4 rings (SSSR count). The minimum atomic E-state index is -0.319. The monoisotopic (exact) mass is 366 g/mol. The van der Waals surface area contributed by atoms with Crippen LogP contribution in [0.2, 0.25) is 0 Å². The van der Waals surface area contributed by atoms with Gasteiger partial charge in [0.1, 0.15) is 23.0 Å². The third kappa shape index (κ3) is 3.41. The zero-order chi connectivity index (χ0) is 19.0. The van der Waals surface area contributed by atoms with Crippen LogP contribution >= 0.6 is 0 Å². The number of nitrogens with one attached hydrogen (secondary N) is 2. The number of hydrogen-bond acceptors (Lipinski definition) is 4. The van der Waals surface area contributed by atoms with Crippen molar-refractivity contribution in [1.29, 1.82) is 0 Å². The van der Waals surface area contributed by atoms with Crippen LogP contribution in [0.3, 0.4) is 0 Å². The quantitative estimate of drug-likeness (QED) is 0.568. The van der Waals surface area contributed by atoms with Gasteiger partial charge in [0.15, 0.2) is 0 Å². The lowest BCUT2D eigenvalue weighted by Gasteiger charge is -2.05. The number of fused-ring (bicyclic) bond motifs is 1. The van der Waals surface area contributed by atoms with Gasteiger partial charge in [0.2, 0.25) is 0 Å². The highest BCUT2D eigenvalue weighted by molar-refractivity contribution is 5.80. The van der Waals surface area contributed by atoms with Crippen molar-refractivity contribution in [2.75, 3.05) is 0 Å². The molecule has 0 aliphatic heterocycles. The summed E-state index contributed by atoms with van der Waals surface area (Å²) in [6.07, 6.45) is 0. The summed E-state index contributed by atoms with van der Waals surface area (Å²) in [5.74, 6) is 1.36. The molecule has 7 heteroatoms. The van der Waals surface area contributed by atoms with Crippen molar-refractivity contribution >= 4 is 11.0 Å². The fourth-order valence-electron chi connectivity index (χ4n) is 3.06. The van der Waals surface area contributed by atoms with Crippen LogP contribution in [0.25, 0.3) is 16.7 Å². The number of furan rings is 1. The number of benzene rings is 1. The number of halogens is 1. The van der Waals surface area contributed by atoms with Crippen LogP contribution in [-0.4, -0.2) is 14.8 Å². The summed E-state index contributed by atoms with van der Waals surface area (Å²) in [5, 5.41) is 8.56. The Morgan fingerprint density at radius 2 is 1.93 bits per heavy atom. The number of aromatic amines is 1. The lowest BCUT2D eigenvalue weighted by atomic mass is 10.2. The molecule has 0 fully saturated rings. The van der Waals surface area contributed by atoms with Crippen LogP contribution in [0, 0.1) is 19.7 Å². The first kappa shape index (κ1) is 17.2. The highest BCUT2D eigenvalue weighted by atomic mass is 19.1. The highest BCUT2D eigenvalue weighted by Crippen LogP contribution is 2.20. The van der Waals surface area contributed by atoms with E-state index in [9.17, 15) is 9.18 Å². The first-order chi connectivity index (χ1) is 13.0. The normalized spacial score (nSPS) is 11.4. The van der Waals surface area contributed by atoms with Gasteiger partial charge in [-0.3, -0.25) is 4.79 Å². The Hall–Kier alpha value is -3.19. The Bertz CT molecular complexity index is 1160. The van der Waals surface area contributed by atoms with Gasteiger partial charge < -0.3 is 14.7 Å². The largest absolute Gasteiger partial charge is 0.465 e. The van der Waals surface area contributed by atoms with E-state index in [0.717, 1.165) is 22.6 Å². The molecule has 0 saturated carbocycles. The van der Waals surface area contributed by atoms with E-state index in [1.165, 1.54) is 12.1 Å². The minimum Gasteiger partial charge on any atom is -0.465 e. The summed E-state index contributed by atoms with van der Waals surface area (Å²) >= 11 is 0. The van der Waals surface area contributed by atoms with Gasteiger partial charge >= 0.3 is 0 Å². The van der Waals surface area contributed by atoms with Crippen LogP contribution in [-0.2, 0) is 13.1 Å². The molecule has 0 unspecified atom stereocenters. The average Bonchev–Trinajstić information content (AvgIpc) is 3.19. The first-order valence-corrected chi connectivity index (χ1v) is 8.65. The molecule has 0 radical (unpaired) electrons. The second-order valence-corrected chi connectivity index (χ2v) is 6.48. The van der Waals surface area contributed by atoms with E-state index in [2.05, 4.69) is 15.4 Å². The molecule has 3 heterocycles. The van der Waals surface area contributed by atoms with Gasteiger partial charge in [-0.1, -0.05) is 0 Å². The molecule has 1 aromatic carbocycles. The summed E-state index contributed by atoms with van der Waals surface area (Å²) in [6, 6.07) is 11.6. The Morgan fingerprint density at radius 3 is 2.63 bits per heavy atom. The van der Waals surface area contributed by atoms with E-state index in [4.69, 9.17) is 4.42 Å². The number of hydrogen-bond donors (Lipinski definition) is 2. The van der Waals surface area contributed by atoms with E-state index in [1.54, 1.807) is 16.8 Å². The summed E-state index contributed by atoms with van der Waals surface area (Å²) < 4.78 is 20.3. The van der Waals surface area contributed by atoms with Crippen molar-refractivity contribution in [2.45, 2.75) is 26.9 Å². The summed E-state index contributed by atoms with van der Waals surface area (Å²) in [4.78, 5) is 15.4. The molecule has 0 saturated heterocycles. The lowest BCUT2D eigenvalue weighted by Crippen LogP contribution is -2.21. The molecule has 2 N–H and O–H groups in total. The van der Waals surface area contributed by atoms with Gasteiger partial charge in [-0.2, -0.15) is 5.10 Å². The summed E-state index contributed by atoms with van der Waals surface area (Å²) in [6.45, 7) is 4.72. The molecular weight excluding hydrogens is 347 g/mol. The number of aromatic nitrogens is 3. The maximum Gasteiger partial charge on any atom is 0.254 e. The standard InChI is InChI=1S/C20H19FN4O2/c1-12-3-8-17(27-12)11-22-10-14-9-18-13(2)24-25(19(18)23-20(14)26)16-6-4-15(21)5-7-16/h3-9,22H,10-11H2,1-2H3,(H,23,26).